The summed E-state index contributed by atoms with van der Waals surface area (Å²) in [6.07, 6.45) is 3.24. The Labute approximate surface area is 147 Å². The van der Waals surface area contributed by atoms with Crippen molar-refractivity contribution in [2.24, 2.45) is 0 Å². The van der Waals surface area contributed by atoms with Crippen LogP contribution in [0.1, 0.15) is 0 Å². The molecule has 2 aromatic heterocycles. The highest BCUT2D eigenvalue weighted by atomic mass is 32.2. The topological polar surface area (TPSA) is 110 Å². The molecule has 3 rings (SSSR count). The van der Waals surface area contributed by atoms with Crippen molar-refractivity contribution in [3.05, 3.63) is 54.9 Å². The Morgan fingerprint density at radius 2 is 1.92 bits per heavy atom. The van der Waals surface area contributed by atoms with Gasteiger partial charge in [-0.1, -0.05) is 30.0 Å². The van der Waals surface area contributed by atoms with Crippen LogP contribution in [0.25, 0.3) is 11.5 Å². The average Bonchev–Trinajstić information content (AvgIpc) is 3.10. The lowest BCUT2D eigenvalue weighted by atomic mass is 10.3. The number of pyridine rings is 1. The number of rotatable bonds is 5. The largest absolute Gasteiger partial charge is 0.411 e. The Hall–Kier alpha value is -3.20. The molecule has 0 unspecified atom stereocenters. The maximum atomic E-state index is 11.8. The quantitative estimate of drug-likeness (QED) is 0.677. The summed E-state index contributed by atoms with van der Waals surface area (Å²) in [6.45, 7) is 0. The summed E-state index contributed by atoms with van der Waals surface area (Å²) in [5, 5.41) is 12.8. The SMILES string of the molecule is O=C(CSc1nnc(-c2cccnc2)o1)NC(=O)Nc1ccccc1. The zero-order valence-corrected chi connectivity index (χ0v) is 13.7. The molecule has 0 bridgehead atoms. The molecule has 2 N–H and O–H groups in total. The summed E-state index contributed by atoms with van der Waals surface area (Å²) in [6, 6.07) is 11.8. The molecule has 0 atom stereocenters. The fraction of sp³-hybridized carbons (Fsp3) is 0.0625. The van der Waals surface area contributed by atoms with E-state index >= 15 is 0 Å². The van der Waals surface area contributed by atoms with Crippen LogP contribution < -0.4 is 10.6 Å². The maximum Gasteiger partial charge on any atom is 0.325 e. The van der Waals surface area contributed by atoms with Crippen LogP contribution in [-0.2, 0) is 4.79 Å². The first kappa shape index (κ1) is 16.7. The monoisotopic (exact) mass is 355 g/mol. The Balaban J connectivity index is 1.48. The van der Waals surface area contributed by atoms with E-state index in [4.69, 9.17) is 4.42 Å². The van der Waals surface area contributed by atoms with Gasteiger partial charge in [-0.15, -0.1) is 10.2 Å². The Bertz CT molecular complexity index is 854. The van der Waals surface area contributed by atoms with Crippen molar-refractivity contribution in [2.75, 3.05) is 11.1 Å². The zero-order valence-electron chi connectivity index (χ0n) is 12.9. The number of carbonyl (C=O) groups is 2. The molecule has 25 heavy (non-hydrogen) atoms. The third kappa shape index (κ3) is 4.88. The van der Waals surface area contributed by atoms with Gasteiger partial charge in [0.05, 0.1) is 11.3 Å². The highest BCUT2D eigenvalue weighted by Gasteiger charge is 2.13. The number of anilines is 1. The molecule has 9 heteroatoms. The van der Waals surface area contributed by atoms with Crippen LogP contribution in [-0.4, -0.2) is 32.9 Å². The molecule has 3 aromatic rings. The van der Waals surface area contributed by atoms with Crippen LogP contribution in [0.3, 0.4) is 0 Å². The number of urea groups is 1. The van der Waals surface area contributed by atoms with E-state index in [1.807, 2.05) is 6.07 Å². The number of carbonyl (C=O) groups excluding carboxylic acids is 2. The number of nitrogens with zero attached hydrogens (tertiary/aromatic N) is 3. The fourth-order valence-corrected chi connectivity index (χ4v) is 2.41. The number of hydrogen-bond acceptors (Lipinski definition) is 7. The summed E-state index contributed by atoms with van der Waals surface area (Å²) in [5.74, 6) is -0.186. The zero-order chi connectivity index (χ0) is 17.5. The minimum Gasteiger partial charge on any atom is -0.411 e. The van der Waals surface area contributed by atoms with E-state index in [-0.39, 0.29) is 11.0 Å². The minimum absolute atomic E-state index is 0.0309. The highest BCUT2D eigenvalue weighted by Crippen LogP contribution is 2.22. The molecule has 3 amide bonds. The molecular weight excluding hydrogens is 342 g/mol. The predicted octanol–water partition coefficient (Wildman–Crippen LogP) is 2.57. The summed E-state index contributed by atoms with van der Waals surface area (Å²) >= 11 is 1.04. The Morgan fingerprint density at radius 3 is 2.68 bits per heavy atom. The first-order valence-electron chi connectivity index (χ1n) is 7.23. The lowest BCUT2D eigenvalue weighted by Crippen LogP contribution is -2.35. The number of para-hydroxylation sites is 1. The van der Waals surface area contributed by atoms with Crippen LogP contribution in [0.2, 0.25) is 0 Å². The Kier molecular flexibility index (Phi) is 5.37. The predicted molar refractivity (Wildman–Crippen MR) is 91.9 cm³/mol. The second-order valence-electron chi connectivity index (χ2n) is 4.77. The molecule has 0 spiro atoms. The fourth-order valence-electron chi connectivity index (χ4n) is 1.85. The second-order valence-corrected chi connectivity index (χ2v) is 5.70. The van der Waals surface area contributed by atoms with E-state index in [2.05, 4.69) is 25.8 Å². The number of benzene rings is 1. The number of amides is 3. The molecule has 0 aliphatic rings. The molecule has 2 heterocycles. The molecule has 0 saturated carbocycles. The van der Waals surface area contributed by atoms with Crippen LogP contribution >= 0.6 is 11.8 Å². The lowest BCUT2D eigenvalue weighted by Gasteiger charge is -2.05. The molecule has 0 aliphatic carbocycles. The van der Waals surface area contributed by atoms with Crippen molar-refractivity contribution in [1.82, 2.24) is 20.5 Å². The molecular formula is C16H13N5O3S. The van der Waals surface area contributed by atoms with Crippen LogP contribution in [0.15, 0.2) is 64.5 Å². The van der Waals surface area contributed by atoms with E-state index in [0.717, 1.165) is 11.8 Å². The van der Waals surface area contributed by atoms with Gasteiger partial charge in [0, 0.05) is 18.1 Å². The van der Waals surface area contributed by atoms with E-state index in [1.54, 1.807) is 48.8 Å². The van der Waals surface area contributed by atoms with E-state index in [9.17, 15) is 9.59 Å². The number of aromatic nitrogens is 3. The highest BCUT2D eigenvalue weighted by molar-refractivity contribution is 7.99. The molecule has 0 fully saturated rings. The normalized spacial score (nSPS) is 10.2. The average molecular weight is 355 g/mol. The van der Waals surface area contributed by atoms with Gasteiger partial charge in [-0.3, -0.25) is 15.1 Å². The first-order valence-corrected chi connectivity index (χ1v) is 8.22. The van der Waals surface area contributed by atoms with Gasteiger partial charge < -0.3 is 9.73 Å². The number of thioether (sulfide) groups is 1. The third-order valence-corrected chi connectivity index (χ3v) is 3.74. The third-order valence-electron chi connectivity index (χ3n) is 2.93. The number of imide groups is 1. The van der Waals surface area contributed by atoms with Gasteiger partial charge in [0.2, 0.25) is 11.8 Å². The summed E-state index contributed by atoms with van der Waals surface area (Å²) in [7, 11) is 0. The van der Waals surface area contributed by atoms with Crippen LogP contribution in [0.5, 0.6) is 0 Å². The van der Waals surface area contributed by atoms with E-state index in [1.165, 1.54) is 0 Å². The van der Waals surface area contributed by atoms with Crippen molar-refractivity contribution in [3.63, 3.8) is 0 Å². The minimum atomic E-state index is -0.599. The van der Waals surface area contributed by atoms with Crippen molar-refractivity contribution in [1.29, 1.82) is 0 Å². The van der Waals surface area contributed by atoms with Gasteiger partial charge in [0.15, 0.2) is 0 Å². The summed E-state index contributed by atoms with van der Waals surface area (Å²) in [5.41, 5.74) is 1.28. The Morgan fingerprint density at radius 1 is 1.08 bits per heavy atom. The van der Waals surface area contributed by atoms with E-state index < -0.39 is 11.9 Å². The molecule has 126 valence electrons. The van der Waals surface area contributed by atoms with Crippen molar-refractivity contribution in [3.8, 4) is 11.5 Å². The van der Waals surface area contributed by atoms with E-state index in [0.29, 0.717) is 17.1 Å². The molecule has 0 saturated heterocycles. The van der Waals surface area contributed by atoms with Gasteiger partial charge in [0.25, 0.3) is 5.22 Å². The van der Waals surface area contributed by atoms with Crippen molar-refractivity contribution < 1.29 is 14.0 Å². The number of nitrogens with one attached hydrogen (secondary N) is 2. The van der Waals surface area contributed by atoms with Gasteiger partial charge >= 0.3 is 6.03 Å². The van der Waals surface area contributed by atoms with Gasteiger partial charge in [-0.25, -0.2) is 4.79 Å². The summed E-state index contributed by atoms with van der Waals surface area (Å²) in [4.78, 5) is 27.5. The summed E-state index contributed by atoms with van der Waals surface area (Å²) < 4.78 is 5.44. The number of hydrogen-bond donors (Lipinski definition) is 2. The smallest absolute Gasteiger partial charge is 0.325 e. The van der Waals surface area contributed by atoms with Gasteiger partial charge in [-0.2, -0.15) is 0 Å². The van der Waals surface area contributed by atoms with Gasteiger partial charge in [-0.05, 0) is 24.3 Å². The molecule has 0 aliphatic heterocycles. The van der Waals surface area contributed by atoms with Crippen LogP contribution in [0.4, 0.5) is 10.5 Å². The molecule has 1 aromatic carbocycles. The lowest BCUT2D eigenvalue weighted by molar-refractivity contribution is -0.117. The standard InChI is InChI=1S/C16H13N5O3S/c22-13(19-15(23)18-12-6-2-1-3-7-12)10-25-16-21-20-14(24-16)11-5-4-8-17-9-11/h1-9H,10H2,(H2,18,19,22,23). The first-order chi connectivity index (χ1) is 12.2. The maximum absolute atomic E-state index is 11.8. The van der Waals surface area contributed by atoms with Crippen molar-refractivity contribution >= 4 is 29.4 Å². The molecule has 0 radical (unpaired) electrons. The van der Waals surface area contributed by atoms with Crippen LogP contribution in [0, 0.1) is 0 Å². The second kappa shape index (κ2) is 8.06. The van der Waals surface area contributed by atoms with Crippen molar-refractivity contribution in [2.45, 2.75) is 5.22 Å². The van der Waals surface area contributed by atoms with Gasteiger partial charge in [0.1, 0.15) is 0 Å². The molecule has 8 nitrogen and oxygen atoms in total.